The summed E-state index contributed by atoms with van der Waals surface area (Å²) in [5, 5.41) is 20.7. The molecule has 0 unspecified atom stereocenters. The number of fused-ring (bicyclic) bond motifs is 1. The summed E-state index contributed by atoms with van der Waals surface area (Å²) in [5.41, 5.74) is 4.78. The Labute approximate surface area is 209 Å². The SMILES string of the molecule is C=C(O)CC1CCN(C(=O)c2ccc(Cl)c(Cc3cc4c(C)c(C#N)ccc4n3C)c2Cl)CC1. The molecule has 5 nitrogen and oxygen atoms in total. The predicted octanol–water partition coefficient (Wildman–Crippen LogP) is 6.57. The molecule has 4 rings (SSSR count). The minimum atomic E-state index is -0.101. The largest absolute Gasteiger partial charge is 0.513 e. The maximum Gasteiger partial charge on any atom is 0.255 e. The number of rotatable bonds is 5. The highest BCUT2D eigenvalue weighted by molar-refractivity contribution is 6.38. The van der Waals surface area contributed by atoms with Crippen molar-refractivity contribution in [1.29, 1.82) is 5.26 Å². The van der Waals surface area contributed by atoms with Crippen molar-refractivity contribution in [1.82, 2.24) is 9.47 Å². The van der Waals surface area contributed by atoms with E-state index in [0.29, 0.717) is 58.6 Å². The van der Waals surface area contributed by atoms with E-state index in [9.17, 15) is 15.2 Å². The van der Waals surface area contributed by atoms with Gasteiger partial charge < -0.3 is 14.6 Å². The van der Waals surface area contributed by atoms with Crippen LogP contribution < -0.4 is 0 Å². The summed E-state index contributed by atoms with van der Waals surface area (Å²) in [4.78, 5) is 15.1. The zero-order valence-electron chi connectivity index (χ0n) is 19.4. The Hall–Kier alpha value is -2.94. The lowest BCUT2D eigenvalue weighted by atomic mass is 9.92. The second kappa shape index (κ2) is 9.74. The summed E-state index contributed by atoms with van der Waals surface area (Å²) in [5.74, 6) is 0.438. The van der Waals surface area contributed by atoms with E-state index in [1.807, 2.05) is 31.0 Å². The number of aryl methyl sites for hydroxylation is 2. The molecule has 1 amide bonds. The van der Waals surface area contributed by atoms with Crippen molar-refractivity contribution in [2.75, 3.05) is 13.1 Å². The number of aliphatic hydroxyl groups is 1. The molecule has 1 N–H and O–H groups in total. The molecule has 1 fully saturated rings. The minimum absolute atomic E-state index is 0.101. The van der Waals surface area contributed by atoms with Crippen LogP contribution in [-0.4, -0.2) is 33.6 Å². The van der Waals surface area contributed by atoms with Crippen LogP contribution in [0.2, 0.25) is 10.0 Å². The summed E-state index contributed by atoms with van der Waals surface area (Å²) in [6, 6.07) is 11.5. The summed E-state index contributed by atoms with van der Waals surface area (Å²) < 4.78 is 2.07. The van der Waals surface area contributed by atoms with Crippen LogP contribution in [0.1, 0.15) is 52.0 Å². The van der Waals surface area contributed by atoms with Crippen molar-refractivity contribution in [2.24, 2.45) is 13.0 Å². The highest BCUT2D eigenvalue weighted by Crippen LogP contribution is 2.34. The quantitative estimate of drug-likeness (QED) is 0.406. The third-order valence-electron chi connectivity index (χ3n) is 6.92. The normalized spacial score (nSPS) is 14.4. The van der Waals surface area contributed by atoms with E-state index in [1.54, 1.807) is 12.1 Å². The Kier molecular flexibility index (Phi) is 6.93. The summed E-state index contributed by atoms with van der Waals surface area (Å²) in [6.45, 7) is 6.76. The van der Waals surface area contributed by atoms with Gasteiger partial charge >= 0.3 is 0 Å². The topological polar surface area (TPSA) is 69.3 Å². The Morgan fingerprint density at radius 3 is 2.59 bits per heavy atom. The monoisotopic (exact) mass is 495 g/mol. The molecule has 7 heteroatoms. The smallest absolute Gasteiger partial charge is 0.255 e. The van der Waals surface area contributed by atoms with Gasteiger partial charge in [0.2, 0.25) is 0 Å². The number of benzene rings is 2. The predicted molar refractivity (Wildman–Crippen MR) is 137 cm³/mol. The first-order valence-corrected chi connectivity index (χ1v) is 12.1. The summed E-state index contributed by atoms with van der Waals surface area (Å²) in [7, 11) is 1.98. The van der Waals surface area contributed by atoms with Crippen molar-refractivity contribution in [3.8, 4) is 6.07 Å². The fourth-order valence-corrected chi connectivity index (χ4v) is 5.43. The van der Waals surface area contributed by atoms with Crippen molar-refractivity contribution in [3.05, 3.63) is 80.7 Å². The number of piperidine rings is 1. The molecule has 3 aromatic rings. The summed E-state index contributed by atoms with van der Waals surface area (Å²) in [6.07, 6.45) is 2.69. The number of halogens is 2. The molecule has 2 heterocycles. The van der Waals surface area contributed by atoms with Crippen LogP contribution in [0.4, 0.5) is 0 Å². The number of hydrogen-bond acceptors (Lipinski definition) is 3. The number of likely N-dealkylation sites (tertiary alicyclic amines) is 1. The van der Waals surface area contributed by atoms with E-state index in [-0.39, 0.29) is 11.7 Å². The van der Waals surface area contributed by atoms with E-state index in [0.717, 1.165) is 35.0 Å². The van der Waals surface area contributed by atoms with Gasteiger partial charge in [0.15, 0.2) is 0 Å². The van der Waals surface area contributed by atoms with Gasteiger partial charge in [-0.2, -0.15) is 5.26 Å². The first kappa shape index (κ1) is 24.2. The van der Waals surface area contributed by atoms with Crippen LogP contribution >= 0.6 is 23.2 Å². The fourth-order valence-electron chi connectivity index (χ4n) is 4.85. The lowest BCUT2D eigenvalue weighted by Crippen LogP contribution is -2.38. The van der Waals surface area contributed by atoms with Gasteiger partial charge in [-0.15, -0.1) is 0 Å². The first-order chi connectivity index (χ1) is 16.2. The van der Waals surface area contributed by atoms with Crippen molar-refractivity contribution < 1.29 is 9.90 Å². The number of aromatic nitrogens is 1. The number of allylic oxidation sites excluding steroid dienone is 1. The Morgan fingerprint density at radius 1 is 1.24 bits per heavy atom. The maximum atomic E-state index is 13.3. The molecule has 1 saturated heterocycles. The minimum Gasteiger partial charge on any atom is -0.513 e. The highest BCUT2D eigenvalue weighted by Gasteiger charge is 2.27. The van der Waals surface area contributed by atoms with E-state index >= 15 is 0 Å². The highest BCUT2D eigenvalue weighted by atomic mass is 35.5. The zero-order valence-corrected chi connectivity index (χ0v) is 20.9. The molecule has 1 aromatic heterocycles. The molecule has 0 aliphatic carbocycles. The Balaban J connectivity index is 1.61. The van der Waals surface area contributed by atoms with Gasteiger partial charge in [0.1, 0.15) is 0 Å². The van der Waals surface area contributed by atoms with Gasteiger partial charge in [-0.05, 0) is 67.1 Å². The third kappa shape index (κ3) is 4.53. The lowest BCUT2D eigenvalue weighted by molar-refractivity contribution is 0.0687. The van der Waals surface area contributed by atoms with Gasteiger partial charge in [-0.3, -0.25) is 4.79 Å². The van der Waals surface area contributed by atoms with E-state index < -0.39 is 0 Å². The number of amides is 1. The van der Waals surface area contributed by atoms with Gasteiger partial charge in [-0.25, -0.2) is 0 Å². The van der Waals surface area contributed by atoms with Gasteiger partial charge in [0.05, 0.1) is 28.0 Å². The van der Waals surface area contributed by atoms with E-state index in [2.05, 4.69) is 23.3 Å². The molecular weight excluding hydrogens is 469 g/mol. The zero-order chi connectivity index (χ0) is 24.6. The number of hydrogen-bond donors (Lipinski definition) is 1. The fraction of sp³-hybridized carbons (Fsp3) is 0.333. The second-order valence-corrected chi connectivity index (χ2v) is 9.83. The van der Waals surface area contributed by atoms with Crippen molar-refractivity contribution in [2.45, 2.75) is 32.6 Å². The van der Waals surface area contributed by atoms with Crippen molar-refractivity contribution in [3.63, 3.8) is 0 Å². The first-order valence-electron chi connectivity index (χ1n) is 11.3. The van der Waals surface area contributed by atoms with Crippen LogP contribution in [0.25, 0.3) is 10.9 Å². The molecule has 2 aromatic carbocycles. The van der Waals surface area contributed by atoms with Crippen LogP contribution in [0, 0.1) is 24.2 Å². The van der Waals surface area contributed by atoms with E-state index in [4.69, 9.17) is 23.2 Å². The molecule has 0 saturated carbocycles. The lowest BCUT2D eigenvalue weighted by Gasteiger charge is -2.32. The summed E-state index contributed by atoms with van der Waals surface area (Å²) >= 11 is 13.3. The Morgan fingerprint density at radius 2 is 1.94 bits per heavy atom. The maximum absolute atomic E-state index is 13.3. The third-order valence-corrected chi connectivity index (χ3v) is 7.70. The molecule has 176 valence electrons. The average Bonchev–Trinajstić information content (AvgIpc) is 3.13. The molecule has 1 aliphatic heterocycles. The van der Waals surface area contributed by atoms with Crippen LogP contribution in [0.3, 0.4) is 0 Å². The number of aliphatic hydroxyl groups excluding tert-OH is 1. The van der Waals surface area contributed by atoms with Gasteiger partial charge in [0.25, 0.3) is 5.91 Å². The molecule has 0 radical (unpaired) electrons. The van der Waals surface area contributed by atoms with Crippen LogP contribution in [-0.2, 0) is 13.5 Å². The van der Waals surface area contributed by atoms with Gasteiger partial charge in [-0.1, -0.05) is 29.8 Å². The number of carbonyl (C=O) groups is 1. The number of carbonyl (C=O) groups excluding carboxylic acids is 1. The molecule has 34 heavy (non-hydrogen) atoms. The van der Waals surface area contributed by atoms with Crippen LogP contribution in [0.15, 0.2) is 42.7 Å². The number of nitrogens with zero attached hydrogens (tertiary/aromatic N) is 3. The number of nitriles is 1. The molecule has 0 spiro atoms. The van der Waals surface area contributed by atoms with Crippen molar-refractivity contribution >= 4 is 40.0 Å². The molecule has 0 bridgehead atoms. The average molecular weight is 496 g/mol. The van der Waals surface area contributed by atoms with Crippen LogP contribution in [0.5, 0.6) is 0 Å². The van der Waals surface area contributed by atoms with Gasteiger partial charge in [0, 0.05) is 54.6 Å². The molecular formula is C27H27Cl2N3O2. The second-order valence-electron chi connectivity index (χ2n) is 9.05. The molecule has 0 atom stereocenters. The molecule has 1 aliphatic rings. The standard InChI is InChI=1S/C27H27Cl2N3O2/c1-16(33)12-18-8-10-32(11-9-18)27(34)21-5-6-24(28)23(26(21)29)14-20-13-22-17(2)19(15-30)4-7-25(22)31(20)3/h4-7,13,18,33H,1,8-12,14H2,2-3H3. The Bertz CT molecular complexity index is 1330. The van der Waals surface area contributed by atoms with E-state index in [1.165, 1.54) is 0 Å².